The largest absolute Gasteiger partial charge is 0.494 e. The molecule has 1 rings (SSSR count). The minimum absolute atomic E-state index is 0.127. The van der Waals surface area contributed by atoms with Gasteiger partial charge < -0.3 is 15.2 Å². The molecule has 0 aliphatic rings. The molecule has 0 bridgehead atoms. The number of nitrogens with one attached hydrogen (secondary N) is 1. The fourth-order valence-electron chi connectivity index (χ4n) is 1.56. The van der Waals surface area contributed by atoms with E-state index in [1.807, 2.05) is 0 Å². The average Bonchev–Trinajstić information content (AvgIpc) is 2.35. The van der Waals surface area contributed by atoms with Gasteiger partial charge in [-0.05, 0) is 30.7 Å². The Morgan fingerprint density at radius 3 is 2.75 bits per heavy atom. The minimum Gasteiger partial charge on any atom is -0.494 e. The molecular weight excluding hydrogens is 265 g/mol. The SMILES string of the molecule is COc1ccc(/C=C/C(=O)NC(C)CC(=O)O)cc1F. The zero-order valence-electron chi connectivity index (χ0n) is 11.2. The van der Waals surface area contributed by atoms with Crippen molar-refractivity contribution < 1.29 is 23.8 Å². The summed E-state index contributed by atoms with van der Waals surface area (Å²) in [6.45, 7) is 1.59. The summed E-state index contributed by atoms with van der Waals surface area (Å²) in [6.07, 6.45) is 2.50. The van der Waals surface area contributed by atoms with Crippen molar-refractivity contribution in [2.24, 2.45) is 0 Å². The van der Waals surface area contributed by atoms with Gasteiger partial charge in [-0.3, -0.25) is 9.59 Å². The van der Waals surface area contributed by atoms with Gasteiger partial charge in [0.2, 0.25) is 5.91 Å². The highest BCUT2D eigenvalue weighted by molar-refractivity contribution is 5.92. The quantitative estimate of drug-likeness (QED) is 0.780. The number of carboxylic acid groups (broad SMARTS) is 1. The summed E-state index contributed by atoms with van der Waals surface area (Å²) in [5.74, 6) is -1.81. The number of aliphatic carboxylic acids is 1. The topological polar surface area (TPSA) is 75.6 Å². The van der Waals surface area contributed by atoms with E-state index in [2.05, 4.69) is 5.32 Å². The molecule has 6 heteroatoms. The molecule has 0 saturated heterocycles. The van der Waals surface area contributed by atoms with Gasteiger partial charge >= 0.3 is 5.97 Å². The van der Waals surface area contributed by atoms with Crippen LogP contribution in [-0.4, -0.2) is 30.1 Å². The third-order valence-electron chi connectivity index (χ3n) is 2.47. The number of amides is 1. The van der Waals surface area contributed by atoms with Gasteiger partial charge in [0, 0.05) is 12.1 Å². The fourth-order valence-corrected chi connectivity index (χ4v) is 1.56. The van der Waals surface area contributed by atoms with Crippen molar-refractivity contribution in [3.8, 4) is 5.75 Å². The third kappa shape index (κ3) is 5.09. The molecule has 1 aromatic carbocycles. The Morgan fingerprint density at radius 1 is 1.50 bits per heavy atom. The number of hydrogen-bond donors (Lipinski definition) is 2. The molecule has 108 valence electrons. The molecule has 0 aromatic heterocycles. The van der Waals surface area contributed by atoms with Gasteiger partial charge in [-0.25, -0.2) is 4.39 Å². The third-order valence-corrected chi connectivity index (χ3v) is 2.47. The molecule has 0 aliphatic heterocycles. The molecule has 2 N–H and O–H groups in total. The molecule has 0 aliphatic carbocycles. The van der Waals surface area contributed by atoms with Crippen LogP contribution in [0, 0.1) is 5.82 Å². The first-order chi connectivity index (χ1) is 9.42. The summed E-state index contributed by atoms with van der Waals surface area (Å²) in [5.41, 5.74) is 0.504. The lowest BCUT2D eigenvalue weighted by molar-refractivity contribution is -0.137. The van der Waals surface area contributed by atoms with Crippen LogP contribution in [-0.2, 0) is 9.59 Å². The molecule has 20 heavy (non-hydrogen) atoms. The van der Waals surface area contributed by atoms with Crippen LogP contribution in [0.4, 0.5) is 4.39 Å². The Hall–Kier alpha value is -2.37. The van der Waals surface area contributed by atoms with Crippen molar-refractivity contribution >= 4 is 18.0 Å². The van der Waals surface area contributed by atoms with Crippen LogP contribution >= 0.6 is 0 Å². The molecule has 1 unspecified atom stereocenters. The van der Waals surface area contributed by atoms with Crippen molar-refractivity contribution in [2.45, 2.75) is 19.4 Å². The van der Waals surface area contributed by atoms with Crippen molar-refractivity contribution in [1.29, 1.82) is 0 Å². The predicted octanol–water partition coefficient (Wildman–Crippen LogP) is 1.83. The van der Waals surface area contributed by atoms with Crippen LogP contribution in [0.3, 0.4) is 0 Å². The molecule has 1 amide bonds. The van der Waals surface area contributed by atoms with Crippen LogP contribution in [0.5, 0.6) is 5.75 Å². The highest BCUT2D eigenvalue weighted by Crippen LogP contribution is 2.18. The van der Waals surface area contributed by atoms with E-state index >= 15 is 0 Å². The van der Waals surface area contributed by atoms with Gasteiger partial charge in [0.1, 0.15) is 0 Å². The Labute approximate surface area is 116 Å². The van der Waals surface area contributed by atoms with E-state index in [4.69, 9.17) is 9.84 Å². The fraction of sp³-hybridized carbons (Fsp3) is 0.286. The number of benzene rings is 1. The van der Waals surface area contributed by atoms with Crippen molar-refractivity contribution in [3.05, 3.63) is 35.7 Å². The lowest BCUT2D eigenvalue weighted by Crippen LogP contribution is -2.32. The zero-order chi connectivity index (χ0) is 15.1. The van der Waals surface area contributed by atoms with Gasteiger partial charge in [-0.2, -0.15) is 0 Å². The van der Waals surface area contributed by atoms with Crippen molar-refractivity contribution in [2.75, 3.05) is 7.11 Å². The number of carbonyl (C=O) groups excluding carboxylic acids is 1. The van der Waals surface area contributed by atoms with Crippen molar-refractivity contribution in [1.82, 2.24) is 5.32 Å². The van der Waals surface area contributed by atoms with E-state index in [0.717, 1.165) is 0 Å². The van der Waals surface area contributed by atoms with Crippen LogP contribution < -0.4 is 10.1 Å². The van der Waals surface area contributed by atoms with E-state index in [1.165, 1.54) is 31.4 Å². The zero-order valence-corrected chi connectivity index (χ0v) is 11.2. The molecule has 0 saturated carbocycles. The molecule has 5 nitrogen and oxygen atoms in total. The van der Waals surface area contributed by atoms with Gasteiger partial charge in [0.05, 0.1) is 13.5 Å². The number of methoxy groups -OCH3 is 1. The number of hydrogen-bond acceptors (Lipinski definition) is 3. The standard InChI is InChI=1S/C14H16FNO4/c1-9(7-14(18)19)16-13(17)6-4-10-3-5-12(20-2)11(15)8-10/h3-6,8-9H,7H2,1-2H3,(H,16,17)(H,18,19)/b6-4+. The Kier molecular flexibility index (Phi) is 5.71. The smallest absolute Gasteiger partial charge is 0.305 e. The molecular formula is C14H16FNO4. The number of carboxylic acids is 1. The maximum absolute atomic E-state index is 13.4. The highest BCUT2D eigenvalue weighted by atomic mass is 19.1. The monoisotopic (exact) mass is 281 g/mol. The summed E-state index contributed by atoms with van der Waals surface area (Å²) >= 11 is 0. The van der Waals surface area contributed by atoms with Gasteiger partial charge in [-0.1, -0.05) is 6.07 Å². The summed E-state index contributed by atoms with van der Waals surface area (Å²) in [6, 6.07) is 3.83. The normalized spacial score (nSPS) is 12.2. The second kappa shape index (κ2) is 7.28. The van der Waals surface area contributed by atoms with E-state index in [0.29, 0.717) is 5.56 Å². The predicted molar refractivity (Wildman–Crippen MR) is 71.8 cm³/mol. The van der Waals surface area contributed by atoms with E-state index < -0.39 is 23.7 Å². The van der Waals surface area contributed by atoms with Crippen LogP contribution in [0.2, 0.25) is 0 Å². The van der Waals surface area contributed by atoms with E-state index in [9.17, 15) is 14.0 Å². The van der Waals surface area contributed by atoms with E-state index in [1.54, 1.807) is 13.0 Å². The summed E-state index contributed by atoms with van der Waals surface area (Å²) in [4.78, 5) is 22.0. The molecule has 0 radical (unpaired) electrons. The van der Waals surface area contributed by atoms with Crippen LogP contribution in [0.1, 0.15) is 18.9 Å². The van der Waals surface area contributed by atoms with Crippen LogP contribution in [0.25, 0.3) is 6.08 Å². The number of halogens is 1. The number of ether oxygens (including phenoxy) is 1. The van der Waals surface area contributed by atoms with Gasteiger partial charge in [0.25, 0.3) is 0 Å². The van der Waals surface area contributed by atoms with Gasteiger partial charge in [0.15, 0.2) is 11.6 Å². The minimum atomic E-state index is -0.987. The molecule has 0 heterocycles. The number of rotatable bonds is 6. The first kappa shape index (κ1) is 15.7. The number of carbonyl (C=O) groups is 2. The Bertz CT molecular complexity index is 528. The molecule has 1 atom stereocenters. The van der Waals surface area contributed by atoms with Gasteiger partial charge in [-0.15, -0.1) is 0 Å². The second-order valence-corrected chi connectivity index (χ2v) is 4.23. The first-order valence-electron chi connectivity index (χ1n) is 5.96. The van der Waals surface area contributed by atoms with E-state index in [-0.39, 0.29) is 12.2 Å². The summed E-state index contributed by atoms with van der Waals surface area (Å²) < 4.78 is 18.2. The Balaban J connectivity index is 2.61. The lowest BCUT2D eigenvalue weighted by Gasteiger charge is -2.09. The van der Waals surface area contributed by atoms with Crippen molar-refractivity contribution in [3.63, 3.8) is 0 Å². The lowest BCUT2D eigenvalue weighted by atomic mass is 10.2. The average molecular weight is 281 g/mol. The maximum Gasteiger partial charge on any atom is 0.305 e. The molecule has 1 aromatic rings. The first-order valence-corrected chi connectivity index (χ1v) is 5.96. The summed E-state index contributed by atoms with van der Waals surface area (Å²) in [5, 5.41) is 11.1. The van der Waals surface area contributed by atoms with Crippen LogP contribution in [0.15, 0.2) is 24.3 Å². The molecule has 0 fully saturated rings. The summed E-state index contributed by atoms with van der Waals surface area (Å²) in [7, 11) is 1.37. The maximum atomic E-state index is 13.4. The second-order valence-electron chi connectivity index (χ2n) is 4.23. The molecule has 0 spiro atoms. The Morgan fingerprint density at radius 2 is 2.20 bits per heavy atom. The highest BCUT2D eigenvalue weighted by Gasteiger charge is 2.09.